The first-order chi connectivity index (χ1) is 12.7. The highest BCUT2D eigenvalue weighted by molar-refractivity contribution is 7.16. The molecule has 1 aromatic carbocycles. The average molecular weight is 376 g/mol. The molecule has 0 saturated heterocycles. The van der Waals surface area contributed by atoms with Crippen molar-refractivity contribution in [2.75, 3.05) is 13.9 Å². The molecule has 0 bridgehead atoms. The molecule has 26 heavy (non-hydrogen) atoms. The van der Waals surface area contributed by atoms with Crippen LogP contribution in [0.15, 0.2) is 17.1 Å². The molecule has 0 unspecified atom stereocenters. The van der Waals surface area contributed by atoms with E-state index in [1.165, 1.54) is 24.9 Å². The van der Waals surface area contributed by atoms with Crippen molar-refractivity contribution in [3.05, 3.63) is 16.9 Å². The first-order valence-electron chi connectivity index (χ1n) is 8.74. The fourth-order valence-corrected chi connectivity index (χ4v) is 4.47. The normalized spacial score (nSPS) is 17.7. The number of esters is 1. The predicted octanol–water partition coefficient (Wildman–Crippen LogP) is 2.61. The lowest BCUT2D eigenvalue weighted by Crippen LogP contribution is -2.24. The van der Waals surface area contributed by atoms with Crippen molar-refractivity contribution >= 4 is 33.4 Å². The number of aromatic nitrogens is 1. The summed E-state index contributed by atoms with van der Waals surface area (Å²) in [6.45, 7) is 0.175. The van der Waals surface area contributed by atoms with Gasteiger partial charge in [0.15, 0.2) is 16.3 Å². The van der Waals surface area contributed by atoms with Gasteiger partial charge in [0, 0.05) is 18.1 Å². The first kappa shape index (κ1) is 17.1. The van der Waals surface area contributed by atoms with E-state index >= 15 is 0 Å². The van der Waals surface area contributed by atoms with Gasteiger partial charge in [-0.2, -0.15) is 4.99 Å². The molecule has 2 heterocycles. The van der Waals surface area contributed by atoms with Crippen molar-refractivity contribution in [1.82, 2.24) is 4.57 Å². The Kier molecular flexibility index (Phi) is 4.67. The number of methoxy groups -OCH3 is 1. The zero-order valence-corrected chi connectivity index (χ0v) is 15.3. The van der Waals surface area contributed by atoms with Gasteiger partial charge in [-0.1, -0.05) is 30.6 Å². The van der Waals surface area contributed by atoms with Crippen LogP contribution < -0.4 is 14.3 Å². The molecule has 7 nitrogen and oxygen atoms in total. The van der Waals surface area contributed by atoms with Crippen molar-refractivity contribution in [3.63, 3.8) is 0 Å². The highest BCUT2D eigenvalue weighted by Gasteiger charge is 2.22. The second-order valence-electron chi connectivity index (χ2n) is 6.51. The number of ether oxygens (including phenoxy) is 3. The third kappa shape index (κ3) is 3.21. The quantitative estimate of drug-likeness (QED) is 0.770. The topological polar surface area (TPSA) is 79.1 Å². The van der Waals surface area contributed by atoms with Gasteiger partial charge in [-0.15, -0.1) is 0 Å². The van der Waals surface area contributed by atoms with Gasteiger partial charge in [0.1, 0.15) is 6.54 Å². The van der Waals surface area contributed by atoms with Crippen LogP contribution in [0, 0.1) is 5.92 Å². The number of hydrogen-bond donors (Lipinski definition) is 0. The molecule has 1 aliphatic heterocycles. The summed E-state index contributed by atoms with van der Waals surface area (Å²) in [5.74, 6) is 0.772. The van der Waals surface area contributed by atoms with Crippen LogP contribution in [-0.4, -0.2) is 30.3 Å². The van der Waals surface area contributed by atoms with Crippen LogP contribution in [0.3, 0.4) is 0 Å². The van der Waals surface area contributed by atoms with Crippen molar-refractivity contribution < 1.29 is 23.8 Å². The number of rotatable bonds is 3. The summed E-state index contributed by atoms with van der Waals surface area (Å²) in [5.41, 5.74) is 0.778. The Balaban J connectivity index is 1.79. The monoisotopic (exact) mass is 376 g/mol. The van der Waals surface area contributed by atoms with Crippen LogP contribution in [-0.2, 0) is 20.9 Å². The van der Waals surface area contributed by atoms with Gasteiger partial charge in [0.05, 0.1) is 17.3 Å². The van der Waals surface area contributed by atoms with Gasteiger partial charge in [0.2, 0.25) is 6.79 Å². The Hall–Kier alpha value is -2.35. The highest BCUT2D eigenvalue weighted by atomic mass is 32.1. The largest absolute Gasteiger partial charge is 0.468 e. The van der Waals surface area contributed by atoms with E-state index in [1.807, 2.05) is 12.1 Å². The molecule has 1 saturated carbocycles. The number of nitrogens with zero attached hydrogens (tertiary/aromatic N) is 2. The van der Waals surface area contributed by atoms with Crippen molar-refractivity contribution in [2.24, 2.45) is 10.9 Å². The molecular formula is C18H20N2O5S. The Morgan fingerprint density at radius 1 is 1.23 bits per heavy atom. The number of amides is 1. The SMILES string of the molecule is COC(=O)Cn1c(=NC(=O)C2CCCCC2)sc2cc3c(cc21)OCO3. The van der Waals surface area contributed by atoms with Crippen molar-refractivity contribution in [1.29, 1.82) is 0 Å². The van der Waals surface area contributed by atoms with E-state index in [1.54, 1.807) is 4.57 Å². The highest BCUT2D eigenvalue weighted by Crippen LogP contribution is 2.37. The van der Waals surface area contributed by atoms with E-state index in [0.29, 0.717) is 16.3 Å². The van der Waals surface area contributed by atoms with Crippen LogP contribution >= 0.6 is 11.3 Å². The molecule has 0 N–H and O–H groups in total. The molecule has 0 spiro atoms. The van der Waals surface area contributed by atoms with Crippen LogP contribution in [0.5, 0.6) is 11.5 Å². The minimum atomic E-state index is -0.395. The molecule has 2 aromatic rings. The summed E-state index contributed by atoms with van der Waals surface area (Å²) in [6, 6.07) is 3.68. The number of carbonyl (C=O) groups excluding carboxylic acids is 2. The Morgan fingerprint density at radius 3 is 2.69 bits per heavy atom. The summed E-state index contributed by atoms with van der Waals surface area (Å²) in [4.78, 5) is 29.4. The lowest BCUT2D eigenvalue weighted by atomic mass is 9.89. The van der Waals surface area contributed by atoms with Crippen LogP contribution in [0.1, 0.15) is 32.1 Å². The van der Waals surface area contributed by atoms with Crippen molar-refractivity contribution in [2.45, 2.75) is 38.6 Å². The summed E-state index contributed by atoms with van der Waals surface area (Å²) in [6.07, 6.45) is 5.10. The van der Waals surface area contributed by atoms with Gasteiger partial charge < -0.3 is 18.8 Å². The summed E-state index contributed by atoms with van der Waals surface area (Å²) < 4.78 is 18.3. The van der Waals surface area contributed by atoms with Gasteiger partial charge in [-0.05, 0) is 12.8 Å². The third-order valence-corrected chi connectivity index (χ3v) is 5.89. The van der Waals surface area contributed by atoms with Crippen LogP contribution in [0.2, 0.25) is 0 Å². The maximum absolute atomic E-state index is 12.6. The summed E-state index contributed by atoms with van der Waals surface area (Å²) >= 11 is 1.37. The fourth-order valence-electron chi connectivity index (χ4n) is 3.43. The first-order valence-corrected chi connectivity index (χ1v) is 9.56. The molecule has 0 atom stereocenters. The van der Waals surface area contributed by atoms with Crippen molar-refractivity contribution in [3.8, 4) is 11.5 Å². The minimum Gasteiger partial charge on any atom is -0.468 e. The second kappa shape index (κ2) is 7.11. The number of carbonyl (C=O) groups is 2. The Morgan fingerprint density at radius 2 is 1.96 bits per heavy atom. The Bertz CT molecular complexity index is 924. The number of thiazole rings is 1. The summed E-state index contributed by atoms with van der Waals surface area (Å²) in [5, 5.41) is 0. The zero-order chi connectivity index (χ0) is 18.1. The predicted molar refractivity (Wildman–Crippen MR) is 95.1 cm³/mol. The molecule has 4 rings (SSSR count). The summed E-state index contributed by atoms with van der Waals surface area (Å²) in [7, 11) is 1.34. The molecule has 0 radical (unpaired) electrons. The van der Waals surface area contributed by atoms with E-state index in [-0.39, 0.29) is 25.2 Å². The van der Waals surface area contributed by atoms with Gasteiger partial charge >= 0.3 is 5.97 Å². The lowest BCUT2D eigenvalue weighted by Gasteiger charge is -2.17. The number of benzene rings is 1. The molecular weight excluding hydrogens is 356 g/mol. The van der Waals surface area contributed by atoms with E-state index in [0.717, 1.165) is 35.9 Å². The molecule has 1 aromatic heterocycles. The molecule has 1 aliphatic carbocycles. The molecule has 8 heteroatoms. The average Bonchev–Trinajstić information content (AvgIpc) is 3.24. The molecule has 138 valence electrons. The van der Waals surface area contributed by atoms with Gasteiger partial charge in [0.25, 0.3) is 5.91 Å². The third-order valence-electron chi connectivity index (χ3n) is 4.85. The van der Waals surface area contributed by atoms with Crippen LogP contribution in [0.25, 0.3) is 10.2 Å². The second-order valence-corrected chi connectivity index (χ2v) is 7.51. The standard InChI is InChI=1S/C18H20N2O5S/c1-23-16(21)9-20-12-7-13-14(25-10-24-13)8-15(12)26-18(20)19-17(22)11-5-3-2-4-6-11/h7-8,11H,2-6,9-10H2,1H3. The molecule has 2 aliphatic rings. The number of hydrogen-bond acceptors (Lipinski definition) is 6. The van der Waals surface area contributed by atoms with Crippen LogP contribution in [0.4, 0.5) is 0 Å². The number of fused-ring (bicyclic) bond motifs is 2. The smallest absolute Gasteiger partial charge is 0.325 e. The van der Waals surface area contributed by atoms with Gasteiger partial charge in [-0.25, -0.2) is 0 Å². The van der Waals surface area contributed by atoms with E-state index in [9.17, 15) is 9.59 Å². The molecule has 1 fully saturated rings. The zero-order valence-electron chi connectivity index (χ0n) is 14.5. The fraction of sp³-hybridized carbons (Fsp3) is 0.500. The van der Waals surface area contributed by atoms with E-state index in [4.69, 9.17) is 14.2 Å². The maximum Gasteiger partial charge on any atom is 0.325 e. The Labute approximate surface area is 154 Å². The van der Waals surface area contributed by atoms with E-state index in [2.05, 4.69) is 4.99 Å². The molecule has 1 amide bonds. The van der Waals surface area contributed by atoms with Gasteiger partial charge in [-0.3, -0.25) is 9.59 Å². The minimum absolute atomic E-state index is 0.00702. The maximum atomic E-state index is 12.6. The van der Waals surface area contributed by atoms with E-state index < -0.39 is 5.97 Å². The lowest BCUT2D eigenvalue weighted by molar-refractivity contribution is -0.141.